The fourth-order valence-corrected chi connectivity index (χ4v) is 3.27. The maximum absolute atomic E-state index is 6.04. The van der Waals surface area contributed by atoms with Crippen molar-refractivity contribution in [2.45, 2.75) is 45.4 Å². The van der Waals surface area contributed by atoms with Crippen molar-refractivity contribution in [2.24, 2.45) is 10.7 Å². The van der Waals surface area contributed by atoms with Crippen LogP contribution in [-0.2, 0) is 6.42 Å². The molecule has 0 aliphatic carbocycles. The van der Waals surface area contributed by atoms with E-state index in [1.807, 2.05) is 0 Å². The quantitative estimate of drug-likeness (QED) is 0.925. The number of aliphatic imine (C=N–C) groups is 1. The highest BCUT2D eigenvalue weighted by molar-refractivity contribution is 5.81. The van der Waals surface area contributed by atoms with Gasteiger partial charge < -0.3 is 20.1 Å². The molecule has 2 heterocycles. The third-order valence-electron chi connectivity index (χ3n) is 4.19. The summed E-state index contributed by atoms with van der Waals surface area (Å²) in [5.41, 5.74) is 8.35. The highest BCUT2D eigenvalue weighted by atomic mass is 16.5. The molecule has 2 atom stereocenters. The molecule has 0 saturated carbocycles. The molecule has 114 valence electrons. The van der Waals surface area contributed by atoms with E-state index in [2.05, 4.69) is 42.8 Å². The number of fused-ring (bicyclic) bond motifs is 1. The first-order valence-corrected chi connectivity index (χ1v) is 7.47. The molecular weight excluding hydrogens is 266 g/mol. The monoisotopic (exact) mass is 289 g/mol. The zero-order valence-electron chi connectivity index (χ0n) is 13.1. The summed E-state index contributed by atoms with van der Waals surface area (Å²) in [5.74, 6) is 2.46. The van der Waals surface area contributed by atoms with E-state index in [-0.39, 0.29) is 12.1 Å². The summed E-state index contributed by atoms with van der Waals surface area (Å²) in [6, 6.07) is 4.61. The van der Waals surface area contributed by atoms with Crippen LogP contribution in [0.15, 0.2) is 17.1 Å². The lowest BCUT2D eigenvalue weighted by molar-refractivity contribution is 0.252. The third kappa shape index (κ3) is 2.30. The lowest BCUT2D eigenvalue weighted by Gasteiger charge is -2.31. The molecule has 2 aliphatic rings. The molecule has 3 rings (SSSR count). The predicted octanol–water partition coefficient (Wildman–Crippen LogP) is 2.10. The molecule has 0 radical (unpaired) electrons. The largest absolute Gasteiger partial charge is 0.496 e. The van der Waals surface area contributed by atoms with Gasteiger partial charge >= 0.3 is 0 Å². The van der Waals surface area contributed by atoms with Crippen LogP contribution in [0, 0.1) is 0 Å². The first kappa shape index (κ1) is 14.0. The number of guanidine groups is 1. The van der Waals surface area contributed by atoms with Crippen LogP contribution in [0.3, 0.4) is 0 Å². The second-order valence-electron chi connectivity index (χ2n) is 6.05. The Labute approximate surface area is 125 Å². The van der Waals surface area contributed by atoms with Crippen LogP contribution in [0.1, 0.15) is 37.9 Å². The van der Waals surface area contributed by atoms with E-state index in [0.29, 0.717) is 18.5 Å². The number of rotatable bonds is 3. The Morgan fingerprint density at radius 3 is 2.86 bits per heavy atom. The van der Waals surface area contributed by atoms with E-state index in [9.17, 15) is 0 Å². The van der Waals surface area contributed by atoms with E-state index < -0.39 is 0 Å². The maximum atomic E-state index is 6.04. The molecule has 0 spiro atoms. The van der Waals surface area contributed by atoms with Gasteiger partial charge in [-0.2, -0.15) is 0 Å². The van der Waals surface area contributed by atoms with Gasteiger partial charge in [0.1, 0.15) is 17.6 Å². The highest BCUT2D eigenvalue weighted by Gasteiger charge is 2.33. The minimum atomic E-state index is 0.116. The van der Waals surface area contributed by atoms with Crippen molar-refractivity contribution >= 4 is 5.96 Å². The first-order valence-electron chi connectivity index (χ1n) is 7.47. The van der Waals surface area contributed by atoms with E-state index in [1.165, 1.54) is 5.56 Å². The van der Waals surface area contributed by atoms with E-state index in [4.69, 9.17) is 15.2 Å². The molecule has 2 unspecified atom stereocenters. The molecule has 1 aromatic rings. The van der Waals surface area contributed by atoms with Gasteiger partial charge in [0.25, 0.3) is 0 Å². The summed E-state index contributed by atoms with van der Waals surface area (Å²) >= 11 is 0. The van der Waals surface area contributed by atoms with Gasteiger partial charge in [0, 0.05) is 23.6 Å². The van der Waals surface area contributed by atoms with Crippen molar-refractivity contribution in [3.05, 3.63) is 23.3 Å². The topological polar surface area (TPSA) is 60.1 Å². The lowest BCUT2D eigenvalue weighted by atomic mass is 10.00. The minimum Gasteiger partial charge on any atom is -0.496 e. The Morgan fingerprint density at radius 2 is 2.19 bits per heavy atom. The number of hydrogen-bond acceptors (Lipinski definition) is 5. The average molecular weight is 289 g/mol. The summed E-state index contributed by atoms with van der Waals surface area (Å²) in [5, 5.41) is 0. The Balaban J connectivity index is 2.01. The van der Waals surface area contributed by atoms with Gasteiger partial charge in [-0.15, -0.1) is 0 Å². The molecule has 0 fully saturated rings. The number of benzene rings is 1. The second-order valence-corrected chi connectivity index (χ2v) is 6.05. The van der Waals surface area contributed by atoms with E-state index >= 15 is 0 Å². The van der Waals surface area contributed by atoms with Crippen LogP contribution >= 0.6 is 0 Å². The molecule has 2 aliphatic heterocycles. The molecule has 5 heteroatoms. The maximum Gasteiger partial charge on any atom is 0.192 e. The van der Waals surface area contributed by atoms with Gasteiger partial charge in [0.15, 0.2) is 5.96 Å². The van der Waals surface area contributed by atoms with Crippen molar-refractivity contribution in [3.8, 4) is 11.5 Å². The van der Waals surface area contributed by atoms with E-state index in [1.54, 1.807) is 7.11 Å². The Morgan fingerprint density at radius 1 is 1.43 bits per heavy atom. The van der Waals surface area contributed by atoms with Gasteiger partial charge in [-0.05, 0) is 32.9 Å². The normalized spacial score (nSPS) is 24.0. The van der Waals surface area contributed by atoms with Gasteiger partial charge in [0.2, 0.25) is 0 Å². The van der Waals surface area contributed by atoms with Gasteiger partial charge in [-0.1, -0.05) is 0 Å². The van der Waals surface area contributed by atoms with Crippen LogP contribution < -0.4 is 15.2 Å². The van der Waals surface area contributed by atoms with Gasteiger partial charge in [-0.25, -0.2) is 0 Å². The number of methoxy groups -OCH3 is 1. The average Bonchev–Trinajstić information content (AvgIpc) is 2.98. The number of ether oxygens (including phenoxy) is 2. The molecule has 0 bridgehead atoms. The first-order chi connectivity index (χ1) is 10.0. The standard InChI is InChI=1S/C16H23N3O2/c1-9(2)19-13(8-18-16(19)17)12-7-14-11(5-10(3)21-14)6-15(12)20-4/h6-7,9-10,13H,5,8H2,1-4H3,(H2,17,18). The smallest absolute Gasteiger partial charge is 0.192 e. The van der Waals surface area contributed by atoms with Crippen molar-refractivity contribution < 1.29 is 9.47 Å². The number of nitrogens with two attached hydrogens (primary N) is 1. The molecule has 0 saturated heterocycles. The Kier molecular flexibility index (Phi) is 3.43. The highest BCUT2D eigenvalue weighted by Crippen LogP contribution is 2.40. The molecule has 21 heavy (non-hydrogen) atoms. The van der Waals surface area contributed by atoms with Crippen LogP contribution in [0.2, 0.25) is 0 Å². The van der Waals surface area contributed by atoms with Gasteiger partial charge in [-0.3, -0.25) is 4.99 Å². The fraction of sp³-hybridized carbons (Fsp3) is 0.562. The fourth-order valence-electron chi connectivity index (χ4n) is 3.27. The number of nitrogens with zero attached hydrogens (tertiary/aromatic N) is 2. The molecule has 2 N–H and O–H groups in total. The van der Waals surface area contributed by atoms with Crippen molar-refractivity contribution in [2.75, 3.05) is 13.7 Å². The zero-order chi connectivity index (χ0) is 15.1. The Hall–Kier alpha value is -1.91. The van der Waals surface area contributed by atoms with Crippen molar-refractivity contribution in [3.63, 3.8) is 0 Å². The Bertz CT molecular complexity index is 583. The summed E-state index contributed by atoms with van der Waals surface area (Å²) < 4.78 is 11.5. The second kappa shape index (κ2) is 5.13. The minimum absolute atomic E-state index is 0.116. The van der Waals surface area contributed by atoms with Crippen molar-refractivity contribution in [1.82, 2.24) is 4.90 Å². The van der Waals surface area contributed by atoms with E-state index in [0.717, 1.165) is 23.5 Å². The number of hydrogen-bond donors (Lipinski definition) is 1. The van der Waals surface area contributed by atoms with Crippen LogP contribution in [0.4, 0.5) is 0 Å². The third-order valence-corrected chi connectivity index (χ3v) is 4.19. The SMILES string of the molecule is COc1cc2c(cc1C1CN=C(N)N1C(C)C)OC(C)C2. The summed E-state index contributed by atoms with van der Waals surface area (Å²) in [6.45, 7) is 7.00. The molecular formula is C16H23N3O2. The molecule has 1 aromatic carbocycles. The van der Waals surface area contributed by atoms with Crippen LogP contribution in [0.25, 0.3) is 0 Å². The summed E-state index contributed by atoms with van der Waals surface area (Å²) in [6.07, 6.45) is 1.16. The van der Waals surface area contributed by atoms with Crippen LogP contribution in [0.5, 0.6) is 11.5 Å². The summed E-state index contributed by atoms with van der Waals surface area (Å²) in [4.78, 5) is 6.55. The lowest BCUT2D eigenvalue weighted by Crippen LogP contribution is -2.41. The van der Waals surface area contributed by atoms with Crippen molar-refractivity contribution in [1.29, 1.82) is 0 Å². The molecule has 0 amide bonds. The molecule has 0 aromatic heterocycles. The molecule has 5 nitrogen and oxygen atoms in total. The summed E-state index contributed by atoms with van der Waals surface area (Å²) in [7, 11) is 1.71. The zero-order valence-corrected chi connectivity index (χ0v) is 13.1. The van der Waals surface area contributed by atoms with Gasteiger partial charge in [0.05, 0.1) is 19.7 Å². The van der Waals surface area contributed by atoms with Crippen LogP contribution in [-0.4, -0.2) is 36.7 Å². The predicted molar refractivity (Wildman–Crippen MR) is 83.0 cm³/mol.